The molecule has 2 aromatic rings. The molecule has 0 aliphatic carbocycles. The van der Waals surface area contributed by atoms with Crippen LogP contribution in [-0.4, -0.2) is 19.0 Å². The number of rotatable bonds is 3. The summed E-state index contributed by atoms with van der Waals surface area (Å²) in [7, 11) is 1.34. The van der Waals surface area contributed by atoms with Crippen LogP contribution in [0, 0.1) is 13.8 Å². The molecule has 0 heterocycles. The third kappa shape index (κ3) is 3.54. The van der Waals surface area contributed by atoms with Gasteiger partial charge in [-0.25, -0.2) is 4.79 Å². The minimum Gasteiger partial charge on any atom is -0.465 e. The Labute approximate surface area is 137 Å². The van der Waals surface area contributed by atoms with Crippen LogP contribution in [-0.2, 0) is 4.74 Å². The lowest BCUT2D eigenvalue weighted by atomic mass is 9.99. The fraction of sp³-hybridized carbons (Fsp3) is 0.176. The quantitative estimate of drug-likeness (QED) is 0.837. The smallest absolute Gasteiger partial charge is 0.338 e. The summed E-state index contributed by atoms with van der Waals surface area (Å²) in [6, 6.07) is 10.7. The number of hydrogen-bond acceptors (Lipinski definition) is 3. The van der Waals surface area contributed by atoms with Gasteiger partial charge in [0.2, 0.25) is 0 Å². The van der Waals surface area contributed by atoms with E-state index in [1.807, 2.05) is 24.3 Å². The first-order valence-corrected chi connectivity index (χ1v) is 7.48. The van der Waals surface area contributed by atoms with Crippen LogP contribution in [0.4, 0.5) is 5.69 Å². The van der Waals surface area contributed by atoms with E-state index in [9.17, 15) is 9.59 Å². The molecular weight excluding hydrogens is 346 g/mol. The van der Waals surface area contributed by atoms with E-state index in [-0.39, 0.29) is 5.91 Å². The molecule has 22 heavy (non-hydrogen) atoms. The number of halogens is 1. The highest BCUT2D eigenvalue weighted by atomic mass is 79.9. The Morgan fingerprint density at radius 3 is 2.14 bits per heavy atom. The van der Waals surface area contributed by atoms with Crippen LogP contribution < -0.4 is 5.32 Å². The average Bonchev–Trinajstić information content (AvgIpc) is 2.50. The maximum atomic E-state index is 12.4. The van der Waals surface area contributed by atoms with Crippen LogP contribution in [0.2, 0.25) is 0 Å². The second kappa shape index (κ2) is 6.75. The van der Waals surface area contributed by atoms with Gasteiger partial charge >= 0.3 is 5.97 Å². The predicted octanol–water partition coefficient (Wildman–Crippen LogP) is 4.10. The molecule has 0 radical (unpaired) electrons. The first-order chi connectivity index (χ1) is 10.4. The molecule has 0 aromatic heterocycles. The number of esters is 1. The number of carbonyl (C=O) groups is 2. The van der Waals surface area contributed by atoms with E-state index in [1.54, 1.807) is 26.0 Å². The molecule has 0 atom stereocenters. The summed E-state index contributed by atoms with van der Waals surface area (Å²) in [6.07, 6.45) is 0. The third-order valence-electron chi connectivity index (χ3n) is 3.32. The Morgan fingerprint density at radius 1 is 1.00 bits per heavy atom. The highest BCUT2D eigenvalue weighted by Gasteiger charge is 2.16. The van der Waals surface area contributed by atoms with Gasteiger partial charge in [-0.3, -0.25) is 4.79 Å². The van der Waals surface area contributed by atoms with Crippen molar-refractivity contribution in [2.45, 2.75) is 13.8 Å². The van der Waals surface area contributed by atoms with Crippen molar-refractivity contribution >= 4 is 33.5 Å². The zero-order chi connectivity index (χ0) is 16.3. The Morgan fingerprint density at radius 2 is 1.55 bits per heavy atom. The third-order valence-corrected chi connectivity index (χ3v) is 3.85. The van der Waals surface area contributed by atoms with Crippen molar-refractivity contribution in [1.29, 1.82) is 0 Å². The van der Waals surface area contributed by atoms with Gasteiger partial charge < -0.3 is 10.1 Å². The van der Waals surface area contributed by atoms with Crippen LogP contribution in [0.15, 0.2) is 40.9 Å². The number of methoxy groups -OCH3 is 1. The van der Waals surface area contributed by atoms with Gasteiger partial charge in [-0.05, 0) is 61.4 Å². The molecule has 0 saturated carbocycles. The van der Waals surface area contributed by atoms with Crippen LogP contribution >= 0.6 is 15.9 Å². The monoisotopic (exact) mass is 361 g/mol. The normalized spacial score (nSPS) is 10.2. The van der Waals surface area contributed by atoms with Gasteiger partial charge in [0.05, 0.1) is 12.7 Å². The van der Waals surface area contributed by atoms with Gasteiger partial charge in [0, 0.05) is 15.7 Å². The maximum Gasteiger partial charge on any atom is 0.338 e. The lowest BCUT2D eigenvalue weighted by Gasteiger charge is -2.11. The van der Waals surface area contributed by atoms with Crippen LogP contribution in [0.25, 0.3) is 0 Å². The molecular formula is C17H16BrNO3. The van der Waals surface area contributed by atoms with Crippen LogP contribution in [0.3, 0.4) is 0 Å². The highest BCUT2D eigenvalue weighted by Crippen LogP contribution is 2.20. The van der Waals surface area contributed by atoms with Crippen molar-refractivity contribution in [2.24, 2.45) is 0 Å². The summed E-state index contributed by atoms with van der Waals surface area (Å²) < 4.78 is 5.68. The number of ether oxygens (including phenoxy) is 1. The van der Waals surface area contributed by atoms with E-state index < -0.39 is 5.97 Å². The number of benzene rings is 2. The molecule has 5 heteroatoms. The van der Waals surface area contributed by atoms with Gasteiger partial charge in [0.25, 0.3) is 5.91 Å². The fourth-order valence-corrected chi connectivity index (χ4v) is 2.39. The topological polar surface area (TPSA) is 55.4 Å². The molecule has 0 aliphatic rings. The molecule has 1 amide bonds. The lowest BCUT2D eigenvalue weighted by Crippen LogP contribution is -2.15. The zero-order valence-corrected chi connectivity index (χ0v) is 14.2. The number of anilines is 1. The summed E-state index contributed by atoms with van der Waals surface area (Å²) in [6.45, 7) is 3.57. The first kappa shape index (κ1) is 16.2. The van der Waals surface area contributed by atoms with E-state index >= 15 is 0 Å². The predicted molar refractivity (Wildman–Crippen MR) is 89.4 cm³/mol. The van der Waals surface area contributed by atoms with E-state index in [2.05, 4.69) is 21.2 Å². The SMILES string of the molecule is COC(=O)c1cc(C)c(C(=O)Nc2ccc(Br)cc2)cc1C. The second-order valence-electron chi connectivity index (χ2n) is 4.93. The van der Waals surface area contributed by atoms with Gasteiger partial charge in [-0.1, -0.05) is 15.9 Å². The Bertz CT molecular complexity index is 723. The minimum absolute atomic E-state index is 0.209. The van der Waals surface area contributed by atoms with Crippen molar-refractivity contribution in [3.05, 3.63) is 63.1 Å². The van der Waals surface area contributed by atoms with Crippen molar-refractivity contribution in [3.8, 4) is 0 Å². The molecule has 0 saturated heterocycles. The molecule has 1 N–H and O–H groups in total. The van der Waals surface area contributed by atoms with Gasteiger partial charge in [-0.15, -0.1) is 0 Å². The van der Waals surface area contributed by atoms with Gasteiger partial charge in [0.1, 0.15) is 0 Å². The Hall–Kier alpha value is -2.14. The highest BCUT2D eigenvalue weighted by molar-refractivity contribution is 9.10. The summed E-state index contributed by atoms with van der Waals surface area (Å²) in [5.74, 6) is -0.611. The molecule has 0 unspecified atom stereocenters. The van der Waals surface area contributed by atoms with Crippen LogP contribution in [0.5, 0.6) is 0 Å². The van der Waals surface area contributed by atoms with Crippen LogP contribution in [0.1, 0.15) is 31.8 Å². The number of nitrogens with one attached hydrogen (secondary N) is 1. The van der Waals surface area contributed by atoms with Crippen molar-refractivity contribution in [1.82, 2.24) is 0 Å². The van der Waals surface area contributed by atoms with Gasteiger partial charge in [0.15, 0.2) is 0 Å². The lowest BCUT2D eigenvalue weighted by molar-refractivity contribution is 0.0599. The number of carbonyl (C=O) groups excluding carboxylic acids is 2. The molecule has 0 bridgehead atoms. The molecule has 114 valence electrons. The summed E-state index contributed by atoms with van der Waals surface area (Å²) in [5, 5.41) is 2.84. The number of amides is 1. The number of hydrogen-bond donors (Lipinski definition) is 1. The molecule has 4 nitrogen and oxygen atoms in total. The average molecular weight is 362 g/mol. The Kier molecular flexibility index (Phi) is 4.98. The standard InChI is InChI=1S/C17H16BrNO3/c1-10-9-15(17(21)22-3)11(2)8-14(10)16(20)19-13-6-4-12(18)5-7-13/h4-9H,1-3H3,(H,19,20). The first-order valence-electron chi connectivity index (χ1n) is 6.69. The largest absolute Gasteiger partial charge is 0.465 e. The van der Waals surface area contributed by atoms with Gasteiger partial charge in [-0.2, -0.15) is 0 Å². The molecule has 0 spiro atoms. The Balaban J connectivity index is 2.28. The van der Waals surface area contributed by atoms with E-state index in [0.717, 1.165) is 10.0 Å². The summed E-state index contributed by atoms with van der Waals surface area (Å²) in [4.78, 5) is 24.0. The zero-order valence-electron chi connectivity index (χ0n) is 12.6. The number of aryl methyl sites for hydroxylation is 2. The molecule has 2 aromatic carbocycles. The van der Waals surface area contributed by atoms with E-state index in [1.165, 1.54) is 7.11 Å². The molecule has 0 fully saturated rings. The molecule has 0 aliphatic heterocycles. The van der Waals surface area contributed by atoms with Crippen molar-refractivity contribution < 1.29 is 14.3 Å². The fourth-order valence-electron chi connectivity index (χ4n) is 2.12. The van der Waals surface area contributed by atoms with E-state index in [0.29, 0.717) is 22.4 Å². The summed E-state index contributed by atoms with van der Waals surface area (Å²) in [5.41, 5.74) is 3.15. The minimum atomic E-state index is -0.402. The molecule has 2 rings (SSSR count). The second-order valence-corrected chi connectivity index (χ2v) is 5.85. The summed E-state index contributed by atoms with van der Waals surface area (Å²) >= 11 is 3.35. The van der Waals surface area contributed by atoms with Crippen molar-refractivity contribution in [3.63, 3.8) is 0 Å². The maximum absolute atomic E-state index is 12.4. The van der Waals surface area contributed by atoms with Crippen molar-refractivity contribution in [2.75, 3.05) is 12.4 Å². The van der Waals surface area contributed by atoms with E-state index in [4.69, 9.17) is 4.74 Å².